The summed E-state index contributed by atoms with van der Waals surface area (Å²) in [5.41, 5.74) is -2.25. The van der Waals surface area contributed by atoms with Crippen LogP contribution >= 0.6 is 23.2 Å². The van der Waals surface area contributed by atoms with Crippen molar-refractivity contribution in [2.24, 2.45) is 5.41 Å². The van der Waals surface area contributed by atoms with Gasteiger partial charge in [0.05, 0.1) is 35.5 Å². The number of carbonyl (C=O) groups excluding carboxylic acids is 1. The molecular weight excluding hydrogens is 611 g/mol. The molecule has 0 aromatic heterocycles. The molecule has 7 nitrogen and oxygen atoms in total. The third-order valence-electron chi connectivity index (χ3n) is 8.17. The van der Waals surface area contributed by atoms with Crippen LogP contribution in [0.25, 0.3) is 5.57 Å². The van der Waals surface area contributed by atoms with E-state index in [4.69, 9.17) is 27.9 Å². The van der Waals surface area contributed by atoms with E-state index in [0.29, 0.717) is 6.42 Å². The first-order valence-electron chi connectivity index (χ1n) is 13.8. The molecule has 0 radical (unpaired) electrons. The summed E-state index contributed by atoms with van der Waals surface area (Å²) in [6, 6.07) is 13.8. The van der Waals surface area contributed by atoms with E-state index in [9.17, 15) is 20.0 Å². The fraction of sp³-hybridized carbons (Fsp3) is 0.303. The highest BCUT2D eigenvalue weighted by Gasteiger charge is 2.63. The molecule has 1 amide bonds. The van der Waals surface area contributed by atoms with Crippen LogP contribution in [0.2, 0.25) is 10.0 Å². The van der Waals surface area contributed by atoms with E-state index in [-0.39, 0.29) is 49.4 Å². The fourth-order valence-corrected chi connectivity index (χ4v) is 6.76. The number of carbonyl (C=O) groups is 2. The van der Waals surface area contributed by atoms with Crippen LogP contribution in [-0.2, 0) is 10.2 Å². The van der Waals surface area contributed by atoms with Crippen LogP contribution < -0.4 is 9.64 Å². The Hall–Kier alpha value is -4.13. The molecule has 0 spiro atoms. The third kappa shape index (κ3) is 4.77. The van der Waals surface area contributed by atoms with Crippen molar-refractivity contribution >= 4 is 46.3 Å². The normalized spacial score (nSPS) is 21.5. The van der Waals surface area contributed by atoms with Crippen molar-refractivity contribution in [3.05, 3.63) is 98.7 Å². The average molecular weight is 641 g/mol. The first kappa shape index (κ1) is 31.3. The number of benzene rings is 3. The van der Waals surface area contributed by atoms with Gasteiger partial charge in [-0.25, -0.2) is 13.6 Å². The lowest BCUT2D eigenvalue weighted by atomic mass is 9.65. The van der Waals surface area contributed by atoms with Crippen molar-refractivity contribution in [3.8, 4) is 11.8 Å². The Morgan fingerprint density at radius 1 is 1.14 bits per heavy atom. The molecule has 2 aliphatic heterocycles. The van der Waals surface area contributed by atoms with Crippen LogP contribution in [0.3, 0.4) is 0 Å². The van der Waals surface area contributed by atoms with Gasteiger partial charge in [-0.1, -0.05) is 62.2 Å². The Morgan fingerprint density at radius 3 is 2.43 bits per heavy atom. The van der Waals surface area contributed by atoms with Crippen molar-refractivity contribution in [1.29, 1.82) is 5.26 Å². The second-order valence-electron chi connectivity index (χ2n) is 12.1. The summed E-state index contributed by atoms with van der Waals surface area (Å²) in [6.45, 7) is 7.61. The van der Waals surface area contributed by atoms with Gasteiger partial charge in [-0.2, -0.15) is 5.26 Å². The van der Waals surface area contributed by atoms with Crippen molar-refractivity contribution in [1.82, 2.24) is 4.90 Å². The number of amides is 1. The summed E-state index contributed by atoms with van der Waals surface area (Å²) >= 11 is 12.3. The number of nitrogens with zero attached hydrogens (tertiary/aromatic N) is 3. The molecule has 0 saturated carbocycles. The van der Waals surface area contributed by atoms with E-state index in [1.807, 2.05) is 20.8 Å². The van der Waals surface area contributed by atoms with Gasteiger partial charge in [0, 0.05) is 21.7 Å². The summed E-state index contributed by atoms with van der Waals surface area (Å²) in [5, 5.41) is 20.5. The Morgan fingerprint density at radius 2 is 1.84 bits per heavy atom. The van der Waals surface area contributed by atoms with Crippen LogP contribution in [0.15, 0.2) is 60.3 Å². The lowest BCUT2D eigenvalue weighted by Crippen LogP contribution is -2.51. The number of rotatable bonds is 6. The highest BCUT2D eigenvalue weighted by Crippen LogP contribution is 2.58. The molecular formula is C33H29Cl2F2N3O4. The zero-order valence-electron chi connectivity index (χ0n) is 24.6. The second-order valence-corrected chi connectivity index (χ2v) is 12.9. The maximum absolute atomic E-state index is 16.0. The van der Waals surface area contributed by atoms with Crippen LogP contribution in [0.4, 0.5) is 14.5 Å². The molecule has 228 valence electrons. The molecule has 0 bridgehead atoms. The Kier molecular flexibility index (Phi) is 7.90. The molecule has 11 heteroatoms. The number of hydrogen-bond acceptors (Lipinski definition) is 5. The zero-order chi connectivity index (χ0) is 32.3. The number of aromatic carboxylic acids is 1. The van der Waals surface area contributed by atoms with E-state index < -0.39 is 46.5 Å². The number of carboxylic acid groups (broad SMARTS) is 1. The van der Waals surface area contributed by atoms with Gasteiger partial charge in [0.2, 0.25) is 0 Å². The molecule has 0 aliphatic carbocycles. The van der Waals surface area contributed by atoms with E-state index >= 15 is 8.78 Å². The van der Waals surface area contributed by atoms with Crippen molar-refractivity contribution in [2.75, 3.05) is 12.0 Å². The number of halogens is 4. The fourth-order valence-electron chi connectivity index (χ4n) is 6.42. The maximum atomic E-state index is 16.0. The smallest absolute Gasteiger partial charge is 0.335 e. The van der Waals surface area contributed by atoms with E-state index in [1.54, 1.807) is 11.8 Å². The highest BCUT2D eigenvalue weighted by atomic mass is 35.5. The van der Waals surface area contributed by atoms with Gasteiger partial charge < -0.3 is 14.7 Å². The van der Waals surface area contributed by atoms with Crippen molar-refractivity contribution in [2.45, 2.75) is 51.7 Å². The topological polar surface area (TPSA) is 93.9 Å². The molecule has 3 aromatic rings. The summed E-state index contributed by atoms with van der Waals surface area (Å²) in [7, 11) is 1.36. The quantitative estimate of drug-likeness (QED) is 0.297. The third-order valence-corrected chi connectivity index (χ3v) is 8.69. The molecule has 1 fully saturated rings. The molecule has 5 rings (SSSR count). The van der Waals surface area contributed by atoms with E-state index in [2.05, 4.69) is 6.07 Å². The molecule has 2 heterocycles. The standard InChI is InChI=1S/C33H29Cl2F2N3O4/c1-17-39(24-12-9-18(31(42)43)13-25(24)44-5)30(41)29-27(20-7-6-8-22(35)28(20)37)33(16-38,21-11-10-19(34)14-23(21)36)26(40(17)29)15-32(2,3)4/h6-14,17,26H,15H2,1-5H3,(H,42,43)/t17-,26+,33+/m1/s1. The van der Waals surface area contributed by atoms with Crippen LogP contribution in [0, 0.1) is 28.4 Å². The van der Waals surface area contributed by atoms with Gasteiger partial charge in [-0.05, 0) is 55.2 Å². The van der Waals surface area contributed by atoms with E-state index in [0.717, 1.165) is 6.07 Å². The lowest BCUT2D eigenvalue weighted by Gasteiger charge is -2.42. The number of methoxy groups -OCH3 is 1. The Labute approximate surface area is 263 Å². The van der Waals surface area contributed by atoms with Crippen LogP contribution in [-0.4, -0.2) is 41.2 Å². The van der Waals surface area contributed by atoms with Gasteiger partial charge in [0.1, 0.15) is 34.7 Å². The molecule has 44 heavy (non-hydrogen) atoms. The number of fused-ring (bicyclic) bond motifs is 1. The minimum absolute atomic E-state index is 0.00757. The van der Waals surface area contributed by atoms with Gasteiger partial charge in [-0.3, -0.25) is 9.69 Å². The summed E-state index contributed by atoms with van der Waals surface area (Å²) in [4.78, 5) is 29.4. The molecule has 1 N–H and O–H groups in total. The van der Waals surface area contributed by atoms with E-state index in [1.165, 1.54) is 60.5 Å². The maximum Gasteiger partial charge on any atom is 0.335 e. The monoisotopic (exact) mass is 639 g/mol. The SMILES string of the molecule is COc1cc(C(=O)O)ccc1N1C(=O)C2=C(c3cccc(Cl)c3F)[C@@](C#N)(c3ccc(Cl)cc3F)[C@H](CC(C)(C)C)N2[C@@H]1C. The molecule has 1 saturated heterocycles. The van der Waals surface area contributed by atoms with Gasteiger partial charge in [0.15, 0.2) is 0 Å². The molecule has 2 aliphatic rings. The molecule has 0 unspecified atom stereocenters. The summed E-state index contributed by atoms with van der Waals surface area (Å²) in [5.74, 6) is -3.28. The summed E-state index contributed by atoms with van der Waals surface area (Å²) < 4.78 is 37.5. The van der Waals surface area contributed by atoms with Crippen molar-refractivity contribution in [3.63, 3.8) is 0 Å². The average Bonchev–Trinajstić information content (AvgIpc) is 3.37. The van der Waals surface area contributed by atoms with Crippen LogP contribution in [0.5, 0.6) is 5.75 Å². The van der Waals surface area contributed by atoms with Crippen molar-refractivity contribution < 1.29 is 28.2 Å². The zero-order valence-corrected chi connectivity index (χ0v) is 26.1. The first-order valence-corrected chi connectivity index (χ1v) is 14.5. The largest absolute Gasteiger partial charge is 0.495 e. The van der Waals surface area contributed by atoms with Gasteiger partial charge >= 0.3 is 5.97 Å². The summed E-state index contributed by atoms with van der Waals surface area (Å²) in [6.07, 6.45) is -0.490. The van der Waals surface area contributed by atoms with Crippen LogP contribution in [0.1, 0.15) is 55.6 Å². The highest BCUT2D eigenvalue weighted by molar-refractivity contribution is 6.31. The number of hydrogen-bond donors (Lipinski definition) is 1. The number of anilines is 1. The number of nitriles is 1. The van der Waals surface area contributed by atoms with Gasteiger partial charge in [0.25, 0.3) is 5.91 Å². The Bertz CT molecular complexity index is 1780. The number of carboxylic acids is 1. The minimum Gasteiger partial charge on any atom is -0.495 e. The predicted octanol–water partition coefficient (Wildman–Crippen LogP) is 7.66. The molecule has 3 aromatic carbocycles. The molecule has 3 atom stereocenters. The first-order chi connectivity index (χ1) is 20.7. The number of ether oxygens (including phenoxy) is 1. The van der Waals surface area contributed by atoms with Gasteiger partial charge in [-0.15, -0.1) is 0 Å². The lowest BCUT2D eigenvalue weighted by molar-refractivity contribution is -0.114. The second kappa shape index (κ2) is 11.1. The Balaban J connectivity index is 1.89. The predicted molar refractivity (Wildman–Crippen MR) is 164 cm³/mol. The minimum atomic E-state index is -1.87.